The zero-order valence-corrected chi connectivity index (χ0v) is 6.73. The van der Waals surface area contributed by atoms with Crippen LogP contribution in [0.15, 0.2) is 23.0 Å². The fraction of sp³-hybridized carbons (Fsp3) is 0. The van der Waals surface area contributed by atoms with E-state index in [-0.39, 0.29) is 10.7 Å². The van der Waals surface area contributed by atoms with E-state index in [0.29, 0.717) is 0 Å². The summed E-state index contributed by atoms with van der Waals surface area (Å²) >= 11 is 10.9. The predicted octanol–water partition coefficient (Wildman–Crippen LogP) is 1.01. The van der Waals surface area contributed by atoms with E-state index in [4.69, 9.17) is 28.5 Å². The van der Waals surface area contributed by atoms with Crippen LogP contribution in [0.3, 0.4) is 0 Å². The lowest BCUT2D eigenvalue weighted by Crippen LogP contribution is -2.26. The lowest BCUT2D eigenvalue weighted by molar-refractivity contribution is -0.132. The van der Waals surface area contributed by atoms with Gasteiger partial charge >= 0.3 is 5.97 Å². The smallest absolute Gasteiger partial charge is 0.337 e. The lowest BCUT2D eigenvalue weighted by Gasteiger charge is -2.17. The third-order valence-electron chi connectivity index (χ3n) is 0.995. The van der Waals surface area contributed by atoms with Gasteiger partial charge in [-0.05, 0) is 6.08 Å². The van der Waals surface area contributed by atoms with Gasteiger partial charge in [0.15, 0.2) is 0 Å². The molecule has 0 saturated carbocycles. The highest BCUT2D eigenvalue weighted by atomic mass is 35.5. The first-order valence-corrected chi connectivity index (χ1v) is 3.35. The van der Waals surface area contributed by atoms with Crippen molar-refractivity contribution in [1.82, 2.24) is 9.95 Å². The van der Waals surface area contributed by atoms with E-state index in [1.54, 1.807) is 0 Å². The number of carbonyl (C=O) groups is 1. The lowest BCUT2D eigenvalue weighted by atomic mass is 10.3. The monoisotopic (exact) mass is 194 g/mol. The van der Waals surface area contributed by atoms with Crippen LogP contribution in [-0.2, 0) is 4.79 Å². The summed E-state index contributed by atoms with van der Waals surface area (Å²) in [7, 11) is 0. The van der Waals surface area contributed by atoms with E-state index in [1.165, 1.54) is 12.3 Å². The molecule has 4 nitrogen and oxygen atoms in total. The Bertz CT molecular complexity index is 249. The largest absolute Gasteiger partial charge is 0.478 e. The second-order valence-corrected chi connectivity index (χ2v) is 2.58. The molecule has 1 rings (SSSR count). The summed E-state index contributed by atoms with van der Waals surface area (Å²) in [5.41, 5.74) is 2.48. The number of aliphatic carboxylic acids is 1. The number of carboxylic acids is 1. The molecule has 0 aromatic rings. The van der Waals surface area contributed by atoms with E-state index in [2.05, 4.69) is 5.43 Å². The van der Waals surface area contributed by atoms with E-state index in [1.807, 2.05) is 0 Å². The zero-order valence-electron chi connectivity index (χ0n) is 5.21. The van der Waals surface area contributed by atoms with Crippen molar-refractivity contribution >= 4 is 29.3 Å². The zero-order chi connectivity index (χ0) is 8.43. The average Bonchev–Trinajstić information content (AvgIpc) is 1.85. The molecule has 0 aromatic carbocycles. The summed E-state index contributed by atoms with van der Waals surface area (Å²) < 4.78 is 0.950. The van der Waals surface area contributed by atoms with Crippen molar-refractivity contribution in [2.24, 2.45) is 0 Å². The summed E-state index contributed by atoms with van der Waals surface area (Å²) in [5, 5.41) is 8.66. The van der Waals surface area contributed by atoms with Gasteiger partial charge in [0.25, 0.3) is 0 Å². The van der Waals surface area contributed by atoms with Gasteiger partial charge in [-0.15, -0.1) is 0 Å². The topological polar surface area (TPSA) is 52.6 Å². The first kappa shape index (κ1) is 8.23. The molecule has 0 unspecified atom stereocenters. The third-order valence-corrected chi connectivity index (χ3v) is 1.37. The molecule has 0 aromatic heterocycles. The molecule has 60 valence electrons. The van der Waals surface area contributed by atoms with Gasteiger partial charge in [0.1, 0.15) is 5.16 Å². The van der Waals surface area contributed by atoms with Gasteiger partial charge in [0.2, 0.25) is 0 Å². The average molecular weight is 195 g/mol. The Labute approximate surface area is 72.8 Å². The number of nitrogens with one attached hydrogen (secondary N) is 1. The Balaban J connectivity index is 2.87. The maximum atomic E-state index is 10.4. The van der Waals surface area contributed by atoms with Gasteiger partial charge in [-0.3, -0.25) is 5.43 Å². The number of hydrazine groups is 1. The minimum absolute atomic E-state index is 0.0313. The van der Waals surface area contributed by atoms with Crippen molar-refractivity contribution in [3.05, 3.63) is 23.0 Å². The molecule has 1 aliphatic heterocycles. The first-order valence-electron chi connectivity index (χ1n) is 2.63. The standard InChI is InChI=1S/C5H4Cl2N2O2/c6-4-1-3(5(10)11)2-9(7)8-4/h1-2,8H,(H,10,11). The molecule has 0 bridgehead atoms. The Kier molecular flexibility index (Phi) is 2.26. The van der Waals surface area contributed by atoms with Crippen molar-refractivity contribution < 1.29 is 9.90 Å². The first-order chi connectivity index (χ1) is 5.09. The summed E-state index contributed by atoms with van der Waals surface area (Å²) in [6.07, 6.45) is 2.47. The van der Waals surface area contributed by atoms with Crippen molar-refractivity contribution in [2.75, 3.05) is 0 Å². The van der Waals surface area contributed by atoms with Crippen molar-refractivity contribution in [1.29, 1.82) is 0 Å². The number of hydrogen-bond acceptors (Lipinski definition) is 3. The Morgan fingerprint density at radius 1 is 1.73 bits per heavy atom. The van der Waals surface area contributed by atoms with Crippen LogP contribution in [0.4, 0.5) is 0 Å². The molecule has 6 heteroatoms. The van der Waals surface area contributed by atoms with Crippen LogP contribution in [0.25, 0.3) is 0 Å². The molecule has 0 radical (unpaired) electrons. The predicted molar refractivity (Wildman–Crippen MR) is 40.5 cm³/mol. The molecule has 11 heavy (non-hydrogen) atoms. The molecule has 0 spiro atoms. The highest BCUT2D eigenvalue weighted by Gasteiger charge is 2.12. The summed E-state index contributed by atoms with van der Waals surface area (Å²) in [6, 6.07) is 0. The molecule has 1 heterocycles. The minimum Gasteiger partial charge on any atom is -0.478 e. The molecule has 0 aliphatic carbocycles. The number of carboxylic acid groups (broad SMARTS) is 1. The SMILES string of the molecule is O=C(O)C1=CN(Cl)NC(Cl)=C1. The van der Waals surface area contributed by atoms with Crippen LogP contribution < -0.4 is 5.43 Å². The van der Waals surface area contributed by atoms with Gasteiger partial charge in [-0.1, -0.05) is 11.6 Å². The van der Waals surface area contributed by atoms with Gasteiger partial charge in [0.05, 0.1) is 11.8 Å². The minimum atomic E-state index is -1.07. The van der Waals surface area contributed by atoms with Crippen LogP contribution in [-0.4, -0.2) is 15.6 Å². The molecular formula is C5H4Cl2N2O2. The van der Waals surface area contributed by atoms with Gasteiger partial charge in [0, 0.05) is 11.8 Å². The van der Waals surface area contributed by atoms with Crippen LogP contribution in [0.1, 0.15) is 0 Å². The van der Waals surface area contributed by atoms with E-state index in [9.17, 15) is 4.79 Å². The molecular weight excluding hydrogens is 191 g/mol. The number of rotatable bonds is 1. The molecule has 2 N–H and O–H groups in total. The Morgan fingerprint density at radius 2 is 2.36 bits per heavy atom. The highest BCUT2D eigenvalue weighted by Crippen LogP contribution is 2.13. The van der Waals surface area contributed by atoms with Gasteiger partial charge < -0.3 is 5.11 Å². The Hall–Kier alpha value is -0.870. The van der Waals surface area contributed by atoms with Crippen LogP contribution in [0, 0.1) is 0 Å². The van der Waals surface area contributed by atoms with Crippen molar-refractivity contribution in [3.8, 4) is 0 Å². The summed E-state index contributed by atoms with van der Waals surface area (Å²) in [4.78, 5) is 10.4. The van der Waals surface area contributed by atoms with Crippen LogP contribution >= 0.6 is 23.4 Å². The van der Waals surface area contributed by atoms with Gasteiger partial charge in [-0.25, -0.2) is 9.32 Å². The third kappa shape index (κ3) is 2.03. The summed E-state index contributed by atoms with van der Waals surface area (Å²) in [5.74, 6) is -1.07. The second-order valence-electron chi connectivity index (χ2n) is 1.80. The van der Waals surface area contributed by atoms with Crippen LogP contribution in [0.2, 0.25) is 0 Å². The number of halogens is 2. The normalized spacial score (nSPS) is 16.7. The molecule has 0 fully saturated rings. The van der Waals surface area contributed by atoms with E-state index >= 15 is 0 Å². The van der Waals surface area contributed by atoms with Crippen LogP contribution in [0.5, 0.6) is 0 Å². The van der Waals surface area contributed by atoms with Crippen molar-refractivity contribution in [2.45, 2.75) is 0 Å². The van der Waals surface area contributed by atoms with Gasteiger partial charge in [-0.2, -0.15) is 0 Å². The molecule has 0 atom stereocenters. The summed E-state index contributed by atoms with van der Waals surface area (Å²) in [6.45, 7) is 0. The fourth-order valence-electron chi connectivity index (χ4n) is 0.579. The number of nitrogens with zero attached hydrogens (tertiary/aromatic N) is 1. The Morgan fingerprint density at radius 3 is 2.82 bits per heavy atom. The molecule has 0 amide bonds. The number of hydrogen-bond donors (Lipinski definition) is 2. The van der Waals surface area contributed by atoms with Crippen molar-refractivity contribution in [3.63, 3.8) is 0 Å². The van der Waals surface area contributed by atoms with E-state index < -0.39 is 5.97 Å². The maximum Gasteiger partial charge on any atom is 0.337 e. The quantitative estimate of drug-likeness (QED) is 0.484. The second kappa shape index (κ2) is 3.02. The molecule has 1 aliphatic rings. The highest BCUT2D eigenvalue weighted by molar-refractivity contribution is 6.30. The fourth-order valence-corrected chi connectivity index (χ4v) is 1.03. The maximum absolute atomic E-state index is 10.4. The molecule has 0 saturated heterocycles. The van der Waals surface area contributed by atoms with E-state index in [0.717, 1.165) is 4.53 Å².